The standard InChI is InChI=1S/C8H15N3O2S2/c1-6-7(2)14-8(10-6)11-15(12,13)5-3-4-9/h3-5,9H2,1-2H3,(H,10,11). The summed E-state index contributed by atoms with van der Waals surface area (Å²) in [6, 6.07) is 0. The Morgan fingerprint density at radius 2 is 2.13 bits per heavy atom. The molecule has 1 aromatic rings. The van der Waals surface area contributed by atoms with Crippen molar-refractivity contribution in [3.05, 3.63) is 10.6 Å². The van der Waals surface area contributed by atoms with Gasteiger partial charge in [0.15, 0.2) is 5.13 Å². The Labute approximate surface area is 93.8 Å². The fourth-order valence-electron chi connectivity index (χ4n) is 0.974. The normalized spacial score (nSPS) is 11.7. The topological polar surface area (TPSA) is 85.1 Å². The summed E-state index contributed by atoms with van der Waals surface area (Å²) in [6.07, 6.45) is 0.457. The van der Waals surface area contributed by atoms with E-state index in [4.69, 9.17) is 5.73 Å². The van der Waals surface area contributed by atoms with Crippen molar-refractivity contribution >= 4 is 26.5 Å². The van der Waals surface area contributed by atoms with Crippen LogP contribution in [0.2, 0.25) is 0 Å². The quantitative estimate of drug-likeness (QED) is 0.810. The van der Waals surface area contributed by atoms with Crippen LogP contribution < -0.4 is 10.5 Å². The van der Waals surface area contributed by atoms with Crippen molar-refractivity contribution in [2.45, 2.75) is 20.3 Å². The van der Waals surface area contributed by atoms with Gasteiger partial charge in [0.05, 0.1) is 11.4 Å². The van der Waals surface area contributed by atoms with E-state index in [1.165, 1.54) is 11.3 Å². The minimum absolute atomic E-state index is 0.0428. The van der Waals surface area contributed by atoms with Gasteiger partial charge in [0.2, 0.25) is 10.0 Å². The van der Waals surface area contributed by atoms with Crippen LogP contribution in [0, 0.1) is 13.8 Å². The van der Waals surface area contributed by atoms with E-state index >= 15 is 0 Å². The lowest BCUT2D eigenvalue weighted by atomic mass is 10.4. The number of nitrogens with one attached hydrogen (secondary N) is 1. The van der Waals surface area contributed by atoms with E-state index in [9.17, 15) is 8.42 Å². The van der Waals surface area contributed by atoms with Crippen LogP contribution >= 0.6 is 11.3 Å². The van der Waals surface area contributed by atoms with E-state index in [2.05, 4.69) is 9.71 Å². The molecule has 7 heteroatoms. The minimum Gasteiger partial charge on any atom is -0.330 e. The Bertz CT molecular complexity index is 406. The average molecular weight is 249 g/mol. The van der Waals surface area contributed by atoms with Crippen LogP contribution in [0.3, 0.4) is 0 Å². The molecule has 1 heterocycles. The minimum atomic E-state index is -3.28. The van der Waals surface area contributed by atoms with Crippen molar-refractivity contribution in [1.82, 2.24) is 4.98 Å². The van der Waals surface area contributed by atoms with Gasteiger partial charge in [-0.15, -0.1) is 11.3 Å². The fourth-order valence-corrected chi connectivity index (χ4v) is 3.15. The number of hydrogen-bond donors (Lipinski definition) is 2. The van der Waals surface area contributed by atoms with E-state index in [0.717, 1.165) is 10.6 Å². The molecular formula is C8H15N3O2S2. The monoisotopic (exact) mass is 249 g/mol. The molecule has 0 radical (unpaired) electrons. The second-order valence-corrected chi connectivity index (χ2v) is 6.27. The molecule has 1 rings (SSSR count). The second-order valence-electron chi connectivity index (χ2n) is 3.22. The average Bonchev–Trinajstić information content (AvgIpc) is 2.41. The zero-order chi connectivity index (χ0) is 11.5. The molecule has 0 spiro atoms. The van der Waals surface area contributed by atoms with Gasteiger partial charge >= 0.3 is 0 Å². The van der Waals surface area contributed by atoms with Crippen molar-refractivity contribution in [2.24, 2.45) is 5.73 Å². The Balaban J connectivity index is 2.69. The maximum Gasteiger partial charge on any atom is 0.234 e. The number of anilines is 1. The highest BCUT2D eigenvalue weighted by molar-refractivity contribution is 7.92. The van der Waals surface area contributed by atoms with E-state index < -0.39 is 10.0 Å². The van der Waals surface area contributed by atoms with Crippen LogP contribution in [0.1, 0.15) is 17.0 Å². The maximum atomic E-state index is 11.5. The van der Waals surface area contributed by atoms with Gasteiger partial charge in [-0.2, -0.15) is 0 Å². The molecule has 0 aliphatic carbocycles. The molecule has 0 bridgehead atoms. The van der Waals surface area contributed by atoms with Gasteiger partial charge in [-0.1, -0.05) is 0 Å². The van der Waals surface area contributed by atoms with Crippen LogP contribution in [-0.2, 0) is 10.0 Å². The molecule has 0 aromatic carbocycles. The molecular weight excluding hydrogens is 234 g/mol. The van der Waals surface area contributed by atoms with E-state index in [1.807, 2.05) is 13.8 Å². The maximum absolute atomic E-state index is 11.5. The Morgan fingerprint density at radius 3 is 2.60 bits per heavy atom. The summed E-state index contributed by atoms with van der Waals surface area (Å²) in [5.74, 6) is 0.0428. The summed E-state index contributed by atoms with van der Waals surface area (Å²) in [4.78, 5) is 5.12. The predicted molar refractivity (Wildman–Crippen MR) is 62.7 cm³/mol. The molecule has 0 aliphatic rings. The Morgan fingerprint density at radius 1 is 1.47 bits per heavy atom. The van der Waals surface area contributed by atoms with Crippen LogP contribution in [-0.4, -0.2) is 25.7 Å². The van der Waals surface area contributed by atoms with Crippen LogP contribution in [0.25, 0.3) is 0 Å². The van der Waals surface area contributed by atoms with Gasteiger partial charge in [-0.25, -0.2) is 13.4 Å². The van der Waals surface area contributed by atoms with Crippen molar-refractivity contribution in [2.75, 3.05) is 17.0 Å². The van der Waals surface area contributed by atoms with Crippen LogP contribution in [0.15, 0.2) is 0 Å². The number of nitrogens with two attached hydrogens (primary N) is 1. The third kappa shape index (κ3) is 3.77. The molecule has 0 amide bonds. The van der Waals surface area contributed by atoms with Gasteiger partial charge < -0.3 is 5.73 Å². The summed E-state index contributed by atoms with van der Waals surface area (Å²) in [5.41, 5.74) is 6.11. The zero-order valence-electron chi connectivity index (χ0n) is 8.78. The molecule has 0 saturated carbocycles. The third-order valence-electron chi connectivity index (χ3n) is 1.89. The van der Waals surface area contributed by atoms with Crippen LogP contribution in [0.5, 0.6) is 0 Å². The lowest BCUT2D eigenvalue weighted by molar-refractivity contribution is 0.598. The highest BCUT2D eigenvalue weighted by atomic mass is 32.2. The summed E-state index contributed by atoms with van der Waals surface area (Å²) in [5, 5.41) is 0.432. The first-order chi connectivity index (χ1) is 6.94. The fraction of sp³-hybridized carbons (Fsp3) is 0.625. The van der Waals surface area contributed by atoms with Crippen molar-refractivity contribution in [3.8, 4) is 0 Å². The van der Waals surface area contributed by atoms with Crippen molar-refractivity contribution in [1.29, 1.82) is 0 Å². The first-order valence-corrected chi connectivity index (χ1v) is 7.06. The van der Waals surface area contributed by atoms with Gasteiger partial charge in [0.1, 0.15) is 0 Å². The van der Waals surface area contributed by atoms with E-state index in [1.54, 1.807) is 0 Å². The number of nitrogens with zero attached hydrogens (tertiary/aromatic N) is 1. The predicted octanol–water partition coefficient (Wildman–Crippen LogP) is 0.850. The van der Waals surface area contributed by atoms with Crippen molar-refractivity contribution < 1.29 is 8.42 Å². The summed E-state index contributed by atoms with van der Waals surface area (Å²) in [7, 11) is -3.28. The second kappa shape index (κ2) is 4.91. The Kier molecular flexibility index (Phi) is 4.06. The zero-order valence-corrected chi connectivity index (χ0v) is 10.4. The number of hydrogen-bond acceptors (Lipinski definition) is 5. The van der Waals surface area contributed by atoms with Gasteiger partial charge in [-0.05, 0) is 26.8 Å². The lowest BCUT2D eigenvalue weighted by Gasteiger charge is -2.03. The van der Waals surface area contributed by atoms with Crippen molar-refractivity contribution in [3.63, 3.8) is 0 Å². The highest BCUT2D eigenvalue weighted by Gasteiger charge is 2.12. The molecule has 3 N–H and O–H groups in total. The number of aromatic nitrogens is 1. The van der Waals surface area contributed by atoms with Gasteiger partial charge in [0, 0.05) is 4.88 Å². The summed E-state index contributed by atoms with van der Waals surface area (Å²) >= 11 is 1.34. The Hall–Kier alpha value is -0.660. The van der Waals surface area contributed by atoms with Gasteiger partial charge in [0.25, 0.3) is 0 Å². The largest absolute Gasteiger partial charge is 0.330 e. The molecule has 0 saturated heterocycles. The molecule has 0 fully saturated rings. The molecule has 15 heavy (non-hydrogen) atoms. The third-order valence-corrected chi connectivity index (χ3v) is 4.34. The molecule has 5 nitrogen and oxygen atoms in total. The number of sulfonamides is 1. The summed E-state index contributed by atoms with van der Waals surface area (Å²) < 4.78 is 25.4. The van der Waals surface area contributed by atoms with E-state index in [0.29, 0.717) is 18.1 Å². The number of rotatable bonds is 5. The molecule has 0 aliphatic heterocycles. The highest BCUT2D eigenvalue weighted by Crippen LogP contribution is 2.22. The first kappa shape index (κ1) is 12.4. The van der Waals surface area contributed by atoms with E-state index in [-0.39, 0.29) is 5.75 Å². The molecule has 86 valence electrons. The number of thiazole rings is 1. The molecule has 0 atom stereocenters. The van der Waals surface area contributed by atoms with Gasteiger partial charge in [-0.3, -0.25) is 4.72 Å². The smallest absolute Gasteiger partial charge is 0.234 e. The molecule has 0 unspecified atom stereocenters. The first-order valence-electron chi connectivity index (χ1n) is 4.59. The van der Waals surface area contributed by atoms with Crippen LogP contribution in [0.4, 0.5) is 5.13 Å². The lowest BCUT2D eigenvalue weighted by Crippen LogP contribution is -2.18. The SMILES string of the molecule is Cc1nc(NS(=O)(=O)CCCN)sc1C. The molecule has 1 aromatic heterocycles. The number of aryl methyl sites for hydroxylation is 2. The summed E-state index contributed by atoms with van der Waals surface area (Å²) in [6.45, 7) is 4.13.